The van der Waals surface area contributed by atoms with Gasteiger partial charge in [0.2, 0.25) is 5.82 Å². The number of nitrogens with one attached hydrogen (secondary N) is 1. The van der Waals surface area contributed by atoms with Crippen molar-refractivity contribution in [1.82, 2.24) is 15.0 Å². The summed E-state index contributed by atoms with van der Waals surface area (Å²) in [5.74, 6) is 0.255. The van der Waals surface area contributed by atoms with E-state index in [1.165, 1.54) is 12.5 Å². The van der Waals surface area contributed by atoms with Gasteiger partial charge in [-0.15, -0.1) is 0 Å². The maximum absolute atomic E-state index is 11.5. The summed E-state index contributed by atoms with van der Waals surface area (Å²) in [5.41, 5.74) is 2.43. The lowest BCUT2D eigenvalue weighted by atomic mass is 10.1. The lowest BCUT2D eigenvalue weighted by Crippen LogP contribution is -2.04. The van der Waals surface area contributed by atoms with E-state index in [9.17, 15) is 10.1 Å². The van der Waals surface area contributed by atoms with Crippen LogP contribution in [0.3, 0.4) is 0 Å². The van der Waals surface area contributed by atoms with Gasteiger partial charge in [0.15, 0.2) is 0 Å². The quantitative estimate of drug-likeness (QED) is 0.555. The minimum Gasteiger partial charge on any atom is -0.432 e. The topological polar surface area (TPSA) is 103 Å². The molecule has 0 saturated carbocycles. The van der Waals surface area contributed by atoms with Crippen LogP contribution in [0, 0.1) is 24.0 Å². The third kappa shape index (κ3) is 3.86. The van der Waals surface area contributed by atoms with Crippen LogP contribution in [0.25, 0.3) is 0 Å². The molecule has 1 N–H and O–H groups in total. The second-order valence-electron chi connectivity index (χ2n) is 5.43. The Hall–Kier alpha value is -3.55. The highest BCUT2D eigenvalue weighted by Crippen LogP contribution is 2.35. The number of aromatic nitrogens is 3. The van der Waals surface area contributed by atoms with Crippen molar-refractivity contribution in [2.75, 3.05) is 5.32 Å². The third-order valence-electron chi connectivity index (χ3n) is 3.30. The number of ether oxygens (including phenoxy) is 1. The lowest BCUT2D eigenvalue weighted by Gasteiger charge is -2.10. The fourth-order valence-electron chi connectivity index (χ4n) is 2.40. The van der Waals surface area contributed by atoms with Crippen LogP contribution in [0.2, 0.25) is 0 Å². The van der Waals surface area contributed by atoms with Crippen molar-refractivity contribution in [2.24, 2.45) is 0 Å². The Kier molecular flexibility index (Phi) is 4.51. The van der Waals surface area contributed by atoms with E-state index in [0.29, 0.717) is 11.4 Å². The molecule has 0 atom stereocenters. The number of nitrogens with zero attached hydrogens (tertiary/aromatic N) is 4. The lowest BCUT2D eigenvalue weighted by molar-refractivity contribution is -0.385. The standard InChI is InChI=1S/C17H15N5O3/c1-11-6-12(2)8-13(7-11)21-16-15(22(23)24)17(20-10-19-16)25-14-4-3-5-18-9-14/h3-10H,1-2H3,(H,19,20,21). The molecular weight excluding hydrogens is 322 g/mol. The molecule has 2 aromatic heterocycles. The first kappa shape index (κ1) is 16.3. The third-order valence-corrected chi connectivity index (χ3v) is 3.30. The van der Waals surface area contributed by atoms with Crippen molar-refractivity contribution in [2.45, 2.75) is 13.8 Å². The first-order valence-electron chi connectivity index (χ1n) is 7.45. The van der Waals surface area contributed by atoms with Gasteiger partial charge in [0.25, 0.3) is 0 Å². The van der Waals surface area contributed by atoms with E-state index >= 15 is 0 Å². The second-order valence-corrected chi connectivity index (χ2v) is 5.43. The summed E-state index contributed by atoms with van der Waals surface area (Å²) >= 11 is 0. The smallest absolute Gasteiger partial charge is 0.373 e. The van der Waals surface area contributed by atoms with Gasteiger partial charge in [-0.2, -0.15) is 4.98 Å². The number of hydrogen-bond donors (Lipinski definition) is 1. The summed E-state index contributed by atoms with van der Waals surface area (Å²) in [6.45, 7) is 3.90. The van der Waals surface area contributed by atoms with Crippen LogP contribution >= 0.6 is 0 Å². The van der Waals surface area contributed by atoms with Crippen LogP contribution < -0.4 is 10.1 Å². The van der Waals surface area contributed by atoms with E-state index in [4.69, 9.17) is 4.74 Å². The molecule has 1 aromatic carbocycles. The molecule has 0 fully saturated rings. The molecule has 8 heteroatoms. The van der Waals surface area contributed by atoms with Crippen LogP contribution in [0.5, 0.6) is 11.6 Å². The van der Waals surface area contributed by atoms with Crippen molar-refractivity contribution in [3.05, 3.63) is 70.3 Å². The van der Waals surface area contributed by atoms with Crippen molar-refractivity contribution in [3.8, 4) is 11.6 Å². The minimum absolute atomic E-state index is 0.0592. The zero-order chi connectivity index (χ0) is 17.8. The summed E-state index contributed by atoms with van der Waals surface area (Å²) in [5, 5.41) is 14.5. The number of pyridine rings is 1. The molecule has 3 rings (SSSR count). The minimum atomic E-state index is -0.573. The van der Waals surface area contributed by atoms with Gasteiger partial charge in [-0.3, -0.25) is 15.1 Å². The van der Waals surface area contributed by atoms with Crippen LogP contribution in [-0.4, -0.2) is 19.9 Å². The Balaban J connectivity index is 1.99. The van der Waals surface area contributed by atoms with E-state index in [2.05, 4.69) is 20.3 Å². The maximum atomic E-state index is 11.5. The van der Waals surface area contributed by atoms with Gasteiger partial charge >= 0.3 is 11.6 Å². The Labute approximate surface area is 143 Å². The van der Waals surface area contributed by atoms with Crippen molar-refractivity contribution < 1.29 is 9.66 Å². The van der Waals surface area contributed by atoms with Crippen molar-refractivity contribution in [1.29, 1.82) is 0 Å². The molecule has 2 heterocycles. The van der Waals surface area contributed by atoms with Crippen LogP contribution in [0.15, 0.2) is 49.1 Å². The van der Waals surface area contributed by atoms with Gasteiger partial charge in [0.05, 0.1) is 11.1 Å². The molecule has 0 unspecified atom stereocenters. The molecule has 126 valence electrons. The maximum Gasteiger partial charge on any atom is 0.373 e. The highest BCUT2D eigenvalue weighted by Gasteiger charge is 2.25. The Morgan fingerprint density at radius 2 is 1.92 bits per heavy atom. The van der Waals surface area contributed by atoms with Crippen molar-refractivity contribution in [3.63, 3.8) is 0 Å². The van der Waals surface area contributed by atoms with Crippen LogP contribution in [0.1, 0.15) is 11.1 Å². The Morgan fingerprint density at radius 1 is 1.16 bits per heavy atom. The fraction of sp³-hybridized carbons (Fsp3) is 0.118. The predicted octanol–water partition coefficient (Wildman–Crippen LogP) is 3.93. The number of nitro groups is 1. The molecule has 0 amide bonds. The molecule has 0 spiro atoms. The molecule has 8 nitrogen and oxygen atoms in total. The van der Waals surface area contributed by atoms with Gasteiger partial charge in [-0.1, -0.05) is 6.07 Å². The molecular formula is C17H15N5O3. The largest absolute Gasteiger partial charge is 0.432 e. The molecule has 0 bridgehead atoms. The molecule has 0 aliphatic rings. The second kappa shape index (κ2) is 6.91. The van der Waals surface area contributed by atoms with Gasteiger partial charge in [-0.25, -0.2) is 4.98 Å². The normalized spacial score (nSPS) is 10.3. The molecule has 25 heavy (non-hydrogen) atoms. The summed E-state index contributed by atoms with van der Waals surface area (Å²) in [6, 6.07) is 9.06. The van der Waals surface area contributed by atoms with Gasteiger partial charge in [0, 0.05) is 11.9 Å². The summed E-state index contributed by atoms with van der Waals surface area (Å²) in [4.78, 5) is 22.8. The van der Waals surface area contributed by atoms with E-state index in [0.717, 1.165) is 11.1 Å². The first-order chi connectivity index (χ1) is 12.0. The summed E-state index contributed by atoms with van der Waals surface area (Å²) in [6.07, 6.45) is 4.24. The van der Waals surface area contributed by atoms with E-state index in [1.807, 2.05) is 32.0 Å². The van der Waals surface area contributed by atoms with Crippen molar-refractivity contribution >= 4 is 17.2 Å². The fourth-order valence-corrected chi connectivity index (χ4v) is 2.40. The highest BCUT2D eigenvalue weighted by atomic mass is 16.6. The molecule has 0 aliphatic carbocycles. The summed E-state index contributed by atoms with van der Waals surface area (Å²) < 4.78 is 5.50. The van der Waals surface area contributed by atoms with Crippen LogP contribution in [0.4, 0.5) is 17.2 Å². The predicted molar refractivity (Wildman–Crippen MR) is 92.2 cm³/mol. The van der Waals surface area contributed by atoms with Gasteiger partial charge in [-0.05, 0) is 49.2 Å². The zero-order valence-electron chi connectivity index (χ0n) is 13.6. The molecule has 0 radical (unpaired) electrons. The Bertz CT molecular complexity index is 895. The zero-order valence-corrected chi connectivity index (χ0v) is 13.6. The highest BCUT2D eigenvalue weighted by molar-refractivity contribution is 5.69. The number of benzene rings is 1. The van der Waals surface area contributed by atoms with E-state index in [1.54, 1.807) is 18.3 Å². The van der Waals surface area contributed by atoms with Gasteiger partial charge < -0.3 is 10.1 Å². The van der Waals surface area contributed by atoms with Gasteiger partial charge in [0.1, 0.15) is 12.1 Å². The summed E-state index contributed by atoms with van der Waals surface area (Å²) in [7, 11) is 0. The number of hydrogen-bond acceptors (Lipinski definition) is 7. The van der Waals surface area contributed by atoms with E-state index < -0.39 is 4.92 Å². The SMILES string of the molecule is Cc1cc(C)cc(Nc2ncnc(Oc3cccnc3)c2[N+](=O)[O-])c1. The number of rotatable bonds is 5. The average molecular weight is 337 g/mol. The monoisotopic (exact) mass is 337 g/mol. The average Bonchev–Trinajstić information content (AvgIpc) is 2.54. The molecule has 0 saturated heterocycles. The van der Waals surface area contributed by atoms with E-state index in [-0.39, 0.29) is 17.4 Å². The first-order valence-corrected chi connectivity index (χ1v) is 7.45. The molecule has 3 aromatic rings. The Morgan fingerprint density at radius 3 is 2.56 bits per heavy atom. The molecule has 0 aliphatic heterocycles. The van der Waals surface area contributed by atoms with Crippen LogP contribution in [-0.2, 0) is 0 Å². The number of anilines is 2. The number of aryl methyl sites for hydroxylation is 2.